The summed E-state index contributed by atoms with van der Waals surface area (Å²) in [5.41, 5.74) is -6.00. The zero-order valence-electron chi connectivity index (χ0n) is 21.7. The van der Waals surface area contributed by atoms with E-state index < -0.39 is 75.8 Å². The molecule has 8 nitrogen and oxygen atoms in total. The van der Waals surface area contributed by atoms with Crippen LogP contribution in [-0.2, 0) is 23.9 Å². The standard InChI is InChI=1S/C27H38O8/c1-8-18(29)34-21-15(4)26(33)17-10-14(3)20(31)25(17,32)12-16(13-28)11-24(26,7)22-23(5,6)27(21,22)35-19(30)9-2/h10-11,15,17,21-22,28,32-33H,8-9,12-13H2,1-7H3/t15-,17-,21-,22+,24+,25-,26+,27+/m1/s1. The molecule has 0 spiro atoms. The quantitative estimate of drug-likeness (QED) is 0.395. The molecule has 8 atom stereocenters. The van der Waals surface area contributed by atoms with E-state index in [1.54, 1.807) is 39.8 Å². The van der Waals surface area contributed by atoms with Crippen molar-refractivity contribution in [3.63, 3.8) is 0 Å². The van der Waals surface area contributed by atoms with E-state index in [9.17, 15) is 29.7 Å². The fourth-order valence-corrected chi connectivity index (χ4v) is 8.10. The molecule has 2 saturated carbocycles. The van der Waals surface area contributed by atoms with Gasteiger partial charge in [0, 0.05) is 47.8 Å². The zero-order chi connectivity index (χ0) is 26.4. The average Bonchev–Trinajstić information content (AvgIpc) is 3.24. The van der Waals surface area contributed by atoms with Crippen LogP contribution in [0.5, 0.6) is 0 Å². The van der Waals surface area contributed by atoms with Gasteiger partial charge in [-0.25, -0.2) is 0 Å². The SMILES string of the molecule is CCC(=O)O[C@@H]1[C@@H](C)[C@]2(O)[C@@H]3C=C(C)C(=O)[C@@]3(O)CC(CO)=C[C@@]2(C)[C@@H]2C(C)(C)[C@]12OC(=O)CC. The summed E-state index contributed by atoms with van der Waals surface area (Å²) in [5, 5.41) is 34.7. The molecule has 194 valence electrons. The number of rotatable bonds is 5. The number of aliphatic hydroxyl groups is 3. The normalized spacial score (nSPS) is 45.3. The molecule has 0 heterocycles. The van der Waals surface area contributed by atoms with Gasteiger partial charge < -0.3 is 24.8 Å². The number of ether oxygens (including phenoxy) is 2. The Labute approximate surface area is 206 Å². The van der Waals surface area contributed by atoms with Gasteiger partial charge in [0.1, 0.15) is 11.7 Å². The van der Waals surface area contributed by atoms with Gasteiger partial charge in [0.25, 0.3) is 0 Å². The maximum Gasteiger partial charge on any atom is 0.306 e. The van der Waals surface area contributed by atoms with E-state index in [4.69, 9.17) is 9.47 Å². The Balaban J connectivity index is 2.02. The Hall–Kier alpha value is -2.03. The van der Waals surface area contributed by atoms with Crippen molar-refractivity contribution in [3.8, 4) is 0 Å². The minimum absolute atomic E-state index is 0.0985. The van der Waals surface area contributed by atoms with E-state index in [2.05, 4.69) is 0 Å². The van der Waals surface area contributed by atoms with Crippen LogP contribution in [0, 0.1) is 28.6 Å². The first-order valence-corrected chi connectivity index (χ1v) is 12.5. The van der Waals surface area contributed by atoms with Gasteiger partial charge in [0.15, 0.2) is 11.4 Å². The number of Topliss-reactive ketones (excluding diaryl/α,β-unsaturated/α-hetero) is 1. The molecule has 0 aromatic heterocycles. The highest BCUT2D eigenvalue weighted by Crippen LogP contribution is 2.81. The summed E-state index contributed by atoms with van der Waals surface area (Å²) in [6.07, 6.45) is 2.49. The van der Waals surface area contributed by atoms with Crippen LogP contribution in [0.15, 0.2) is 23.3 Å². The second-order valence-corrected chi connectivity index (χ2v) is 11.7. The predicted molar refractivity (Wildman–Crippen MR) is 126 cm³/mol. The molecule has 2 fully saturated rings. The third kappa shape index (κ3) is 2.93. The van der Waals surface area contributed by atoms with Crippen molar-refractivity contribution in [3.05, 3.63) is 23.3 Å². The lowest BCUT2D eigenvalue weighted by Gasteiger charge is -2.58. The summed E-state index contributed by atoms with van der Waals surface area (Å²) >= 11 is 0. The van der Waals surface area contributed by atoms with Crippen LogP contribution in [0.4, 0.5) is 0 Å². The minimum Gasteiger partial charge on any atom is -0.458 e. The molecular formula is C27H38O8. The number of esters is 2. The van der Waals surface area contributed by atoms with Gasteiger partial charge in [0.2, 0.25) is 0 Å². The van der Waals surface area contributed by atoms with Gasteiger partial charge in [-0.2, -0.15) is 0 Å². The van der Waals surface area contributed by atoms with Crippen LogP contribution in [0.3, 0.4) is 0 Å². The summed E-state index contributed by atoms with van der Waals surface area (Å²) < 4.78 is 12.1. The van der Waals surface area contributed by atoms with E-state index in [1.807, 2.05) is 20.8 Å². The molecule has 0 radical (unpaired) electrons. The average molecular weight is 491 g/mol. The monoisotopic (exact) mass is 490 g/mol. The Kier molecular flexibility index (Phi) is 5.75. The number of aliphatic hydroxyl groups excluding tert-OH is 1. The third-order valence-corrected chi connectivity index (χ3v) is 9.59. The van der Waals surface area contributed by atoms with Gasteiger partial charge in [0.05, 0.1) is 12.2 Å². The molecular weight excluding hydrogens is 452 g/mol. The minimum atomic E-state index is -1.95. The largest absolute Gasteiger partial charge is 0.458 e. The highest BCUT2D eigenvalue weighted by atomic mass is 16.6. The molecule has 0 aliphatic heterocycles. The van der Waals surface area contributed by atoms with Gasteiger partial charge in [-0.1, -0.05) is 53.7 Å². The summed E-state index contributed by atoms with van der Waals surface area (Å²) in [7, 11) is 0. The summed E-state index contributed by atoms with van der Waals surface area (Å²) in [5.74, 6) is -3.77. The van der Waals surface area contributed by atoms with Crippen LogP contribution in [0.25, 0.3) is 0 Å². The van der Waals surface area contributed by atoms with E-state index in [1.165, 1.54) is 0 Å². The topological polar surface area (TPSA) is 130 Å². The fraction of sp³-hybridized carbons (Fsp3) is 0.741. The van der Waals surface area contributed by atoms with Gasteiger partial charge >= 0.3 is 11.9 Å². The number of fused-ring (bicyclic) bond motifs is 5. The van der Waals surface area contributed by atoms with E-state index in [0.717, 1.165) is 0 Å². The van der Waals surface area contributed by atoms with Crippen molar-refractivity contribution in [1.82, 2.24) is 0 Å². The maximum absolute atomic E-state index is 13.2. The number of hydrogen-bond acceptors (Lipinski definition) is 8. The Morgan fingerprint density at radius 3 is 2.26 bits per heavy atom. The van der Waals surface area contributed by atoms with E-state index >= 15 is 0 Å². The lowest BCUT2D eigenvalue weighted by Crippen LogP contribution is -2.69. The Morgan fingerprint density at radius 2 is 1.71 bits per heavy atom. The van der Waals surface area contributed by atoms with Crippen LogP contribution in [0.1, 0.15) is 67.7 Å². The molecule has 0 unspecified atom stereocenters. The second-order valence-electron chi connectivity index (χ2n) is 11.7. The zero-order valence-corrected chi connectivity index (χ0v) is 21.7. The molecule has 4 aliphatic carbocycles. The van der Waals surface area contributed by atoms with Crippen LogP contribution in [-0.4, -0.2) is 62.6 Å². The van der Waals surface area contributed by atoms with Crippen molar-refractivity contribution in [2.24, 2.45) is 28.6 Å². The number of carbonyl (C=O) groups excluding carboxylic acids is 3. The summed E-state index contributed by atoms with van der Waals surface area (Å²) in [6, 6.07) is 0. The smallest absolute Gasteiger partial charge is 0.306 e. The van der Waals surface area contributed by atoms with E-state index in [0.29, 0.717) is 11.1 Å². The first-order valence-electron chi connectivity index (χ1n) is 12.5. The molecule has 0 saturated heterocycles. The van der Waals surface area contributed by atoms with Crippen molar-refractivity contribution in [2.45, 2.75) is 90.6 Å². The van der Waals surface area contributed by atoms with Crippen LogP contribution in [0.2, 0.25) is 0 Å². The predicted octanol–water partition coefficient (Wildman–Crippen LogP) is 2.24. The van der Waals surface area contributed by atoms with E-state index in [-0.39, 0.29) is 19.3 Å². The van der Waals surface area contributed by atoms with Gasteiger partial charge in [-0.15, -0.1) is 0 Å². The molecule has 3 N–H and O–H groups in total. The fourth-order valence-electron chi connectivity index (χ4n) is 8.10. The molecule has 0 aromatic rings. The lowest BCUT2D eigenvalue weighted by molar-refractivity contribution is -0.248. The van der Waals surface area contributed by atoms with Gasteiger partial charge in [-0.05, 0) is 18.1 Å². The van der Waals surface area contributed by atoms with Crippen molar-refractivity contribution < 1.29 is 39.2 Å². The number of carbonyl (C=O) groups is 3. The highest BCUT2D eigenvalue weighted by molar-refractivity contribution is 6.05. The summed E-state index contributed by atoms with van der Waals surface area (Å²) in [4.78, 5) is 38.5. The van der Waals surface area contributed by atoms with Crippen LogP contribution < -0.4 is 0 Å². The maximum atomic E-state index is 13.2. The van der Waals surface area contributed by atoms with Gasteiger partial charge in [-0.3, -0.25) is 14.4 Å². The van der Waals surface area contributed by atoms with Crippen molar-refractivity contribution >= 4 is 17.7 Å². The molecule has 0 amide bonds. The third-order valence-electron chi connectivity index (χ3n) is 9.59. The van der Waals surface area contributed by atoms with Crippen molar-refractivity contribution in [2.75, 3.05) is 6.61 Å². The molecule has 4 aliphatic rings. The lowest BCUT2D eigenvalue weighted by atomic mass is 9.52. The highest BCUT2D eigenvalue weighted by Gasteiger charge is 2.91. The molecule has 8 heteroatoms. The first-order chi connectivity index (χ1) is 16.1. The molecule has 35 heavy (non-hydrogen) atoms. The number of hydrogen-bond donors (Lipinski definition) is 3. The second kappa shape index (κ2) is 7.73. The number of ketones is 1. The Morgan fingerprint density at radius 1 is 1.11 bits per heavy atom. The molecule has 0 bridgehead atoms. The van der Waals surface area contributed by atoms with Crippen LogP contribution >= 0.6 is 0 Å². The molecule has 4 rings (SSSR count). The van der Waals surface area contributed by atoms with Crippen molar-refractivity contribution in [1.29, 1.82) is 0 Å². The Bertz CT molecular complexity index is 1040. The summed E-state index contributed by atoms with van der Waals surface area (Å²) in [6.45, 7) is 12.0. The first kappa shape index (κ1) is 26.0. The molecule has 0 aromatic carbocycles.